The summed E-state index contributed by atoms with van der Waals surface area (Å²) in [6.45, 7) is 3.96. The van der Waals surface area contributed by atoms with Crippen molar-refractivity contribution in [2.45, 2.75) is 20.4 Å². The summed E-state index contributed by atoms with van der Waals surface area (Å²) in [5, 5.41) is 4.80. The topological polar surface area (TPSA) is 65.8 Å². The lowest BCUT2D eigenvalue weighted by molar-refractivity contribution is 0.650. The Morgan fingerprint density at radius 2 is 2.11 bits per heavy atom. The smallest absolute Gasteiger partial charge is 0.265 e. The molecular formula is C12H14BrClN4O. The fourth-order valence-corrected chi connectivity index (χ4v) is 2.54. The van der Waals surface area contributed by atoms with Gasteiger partial charge in [-0.3, -0.25) is 9.48 Å². The SMILES string of the molecule is Cc1nn(C)c(Cn2cc(N)c(C)c(Br)c2=O)c1Cl. The van der Waals surface area contributed by atoms with Crippen molar-refractivity contribution in [2.75, 3.05) is 5.73 Å². The molecule has 0 aromatic carbocycles. The molecule has 0 spiro atoms. The molecular weight excluding hydrogens is 332 g/mol. The summed E-state index contributed by atoms with van der Waals surface area (Å²) in [7, 11) is 1.80. The molecule has 2 aromatic heterocycles. The first-order chi connectivity index (χ1) is 8.82. The number of nitrogens with two attached hydrogens (primary N) is 1. The molecule has 2 N–H and O–H groups in total. The van der Waals surface area contributed by atoms with Crippen LogP contribution in [0.3, 0.4) is 0 Å². The fourth-order valence-electron chi connectivity index (χ4n) is 1.87. The van der Waals surface area contributed by atoms with Crippen LogP contribution in [-0.4, -0.2) is 14.3 Å². The van der Waals surface area contributed by atoms with Crippen LogP contribution in [0.5, 0.6) is 0 Å². The van der Waals surface area contributed by atoms with E-state index in [2.05, 4.69) is 21.0 Å². The van der Waals surface area contributed by atoms with Crippen LogP contribution in [0.2, 0.25) is 5.02 Å². The predicted octanol–water partition coefficient (Wildman–Crippen LogP) is 2.25. The monoisotopic (exact) mass is 344 g/mol. The Bertz CT molecular complexity index is 705. The Kier molecular flexibility index (Phi) is 3.73. The van der Waals surface area contributed by atoms with Crippen LogP contribution in [-0.2, 0) is 13.6 Å². The van der Waals surface area contributed by atoms with Gasteiger partial charge in [-0.15, -0.1) is 0 Å². The zero-order chi connectivity index (χ0) is 14.3. The molecule has 19 heavy (non-hydrogen) atoms. The second kappa shape index (κ2) is 5.02. The number of halogens is 2. The maximum atomic E-state index is 12.2. The number of anilines is 1. The maximum absolute atomic E-state index is 12.2. The van der Waals surface area contributed by atoms with Gasteiger partial charge in [0.25, 0.3) is 5.56 Å². The standard InChI is InChI=1S/C12H14BrClN4O/c1-6-8(15)4-18(12(19)10(6)13)5-9-11(14)7(2)16-17(9)3/h4H,5,15H2,1-3H3. The summed E-state index contributed by atoms with van der Waals surface area (Å²) >= 11 is 9.45. The van der Waals surface area contributed by atoms with Gasteiger partial charge in [0, 0.05) is 13.2 Å². The molecule has 0 amide bonds. The van der Waals surface area contributed by atoms with Gasteiger partial charge in [0.05, 0.1) is 33.1 Å². The van der Waals surface area contributed by atoms with Crippen LogP contribution in [0.25, 0.3) is 0 Å². The van der Waals surface area contributed by atoms with E-state index < -0.39 is 0 Å². The van der Waals surface area contributed by atoms with Crippen molar-refractivity contribution in [2.24, 2.45) is 7.05 Å². The molecule has 0 unspecified atom stereocenters. The second-order valence-electron chi connectivity index (χ2n) is 4.43. The molecule has 0 bridgehead atoms. The third-order valence-corrected chi connectivity index (χ3v) is 4.51. The van der Waals surface area contributed by atoms with Gasteiger partial charge in [0.15, 0.2) is 0 Å². The first-order valence-corrected chi connectivity index (χ1v) is 6.83. The zero-order valence-corrected chi connectivity index (χ0v) is 13.2. The molecule has 2 rings (SSSR count). The number of aryl methyl sites for hydroxylation is 2. The number of hydrogen-bond acceptors (Lipinski definition) is 3. The minimum atomic E-state index is -0.137. The van der Waals surface area contributed by atoms with Crippen LogP contribution in [0.1, 0.15) is 17.0 Å². The number of nitrogen functional groups attached to an aromatic ring is 1. The molecule has 0 aliphatic rings. The van der Waals surface area contributed by atoms with E-state index >= 15 is 0 Å². The Labute approximate surface area is 124 Å². The van der Waals surface area contributed by atoms with Crippen molar-refractivity contribution in [1.82, 2.24) is 14.3 Å². The van der Waals surface area contributed by atoms with E-state index in [1.54, 1.807) is 24.9 Å². The first-order valence-electron chi connectivity index (χ1n) is 5.66. The molecule has 0 radical (unpaired) electrons. The minimum absolute atomic E-state index is 0.137. The number of nitrogens with zero attached hydrogens (tertiary/aromatic N) is 3. The zero-order valence-electron chi connectivity index (χ0n) is 10.9. The van der Waals surface area contributed by atoms with E-state index in [0.29, 0.717) is 21.7 Å². The van der Waals surface area contributed by atoms with Crippen LogP contribution in [0.4, 0.5) is 5.69 Å². The van der Waals surface area contributed by atoms with Gasteiger partial charge in [-0.25, -0.2) is 0 Å². The lowest BCUT2D eigenvalue weighted by atomic mass is 10.2. The molecule has 0 atom stereocenters. The van der Waals surface area contributed by atoms with Gasteiger partial charge in [-0.2, -0.15) is 5.10 Å². The first kappa shape index (κ1) is 14.1. The van der Waals surface area contributed by atoms with Crippen molar-refractivity contribution in [3.05, 3.63) is 43.0 Å². The molecule has 0 saturated heterocycles. The van der Waals surface area contributed by atoms with Gasteiger partial charge in [0.2, 0.25) is 0 Å². The Morgan fingerprint density at radius 3 is 2.63 bits per heavy atom. The molecule has 0 aliphatic carbocycles. The summed E-state index contributed by atoms with van der Waals surface area (Å²) in [6.07, 6.45) is 1.63. The molecule has 2 heterocycles. The molecule has 0 fully saturated rings. The Morgan fingerprint density at radius 1 is 1.47 bits per heavy atom. The molecule has 102 valence electrons. The lowest BCUT2D eigenvalue weighted by Gasteiger charge is -2.11. The van der Waals surface area contributed by atoms with Crippen LogP contribution < -0.4 is 11.3 Å². The van der Waals surface area contributed by atoms with E-state index in [4.69, 9.17) is 17.3 Å². The summed E-state index contributed by atoms with van der Waals surface area (Å²) in [5.41, 5.74) is 8.56. The summed E-state index contributed by atoms with van der Waals surface area (Å²) in [6, 6.07) is 0. The molecule has 2 aromatic rings. The van der Waals surface area contributed by atoms with Crippen LogP contribution >= 0.6 is 27.5 Å². The third kappa shape index (κ3) is 2.42. The summed E-state index contributed by atoms with van der Waals surface area (Å²) in [5.74, 6) is 0. The van der Waals surface area contributed by atoms with Gasteiger partial charge >= 0.3 is 0 Å². The number of hydrogen-bond donors (Lipinski definition) is 1. The van der Waals surface area contributed by atoms with E-state index in [9.17, 15) is 4.79 Å². The van der Waals surface area contributed by atoms with Crippen molar-refractivity contribution < 1.29 is 0 Å². The average molecular weight is 346 g/mol. The highest BCUT2D eigenvalue weighted by molar-refractivity contribution is 9.10. The second-order valence-corrected chi connectivity index (χ2v) is 5.60. The fraction of sp³-hybridized carbons (Fsp3) is 0.333. The van der Waals surface area contributed by atoms with E-state index in [-0.39, 0.29) is 5.56 Å². The molecule has 7 heteroatoms. The van der Waals surface area contributed by atoms with Crippen molar-refractivity contribution in [1.29, 1.82) is 0 Å². The summed E-state index contributed by atoms with van der Waals surface area (Å²) < 4.78 is 3.67. The highest BCUT2D eigenvalue weighted by Crippen LogP contribution is 2.22. The van der Waals surface area contributed by atoms with Crippen LogP contribution in [0, 0.1) is 13.8 Å². The normalized spacial score (nSPS) is 11.0. The average Bonchev–Trinajstić information content (AvgIpc) is 2.60. The highest BCUT2D eigenvalue weighted by Gasteiger charge is 2.14. The maximum Gasteiger partial charge on any atom is 0.265 e. The minimum Gasteiger partial charge on any atom is -0.397 e. The Balaban J connectivity index is 2.53. The number of rotatable bonds is 2. The van der Waals surface area contributed by atoms with Gasteiger partial charge in [-0.05, 0) is 35.3 Å². The third-order valence-electron chi connectivity index (χ3n) is 3.09. The van der Waals surface area contributed by atoms with Gasteiger partial charge < -0.3 is 10.3 Å². The van der Waals surface area contributed by atoms with E-state index in [1.807, 2.05) is 6.92 Å². The summed E-state index contributed by atoms with van der Waals surface area (Å²) in [4.78, 5) is 12.2. The van der Waals surface area contributed by atoms with Crippen molar-refractivity contribution >= 4 is 33.2 Å². The predicted molar refractivity (Wildman–Crippen MR) is 79.6 cm³/mol. The van der Waals surface area contributed by atoms with Crippen molar-refractivity contribution in [3.8, 4) is 0 Å². The lowest BCUT2D eigenvalue weighted by Crippen LogP contribution is -2.23. The van der Waals surface area contributed by atoms with Gasteiger partial charge in [0.1, 0.15) is 0 Å². The molecule has 0 saturated carbocycles. The largest absolute Gasteiger partial charge is 0.397 e. The quantitative estimate of drug-likeness (QED) is 0.908. The van der Waals surface area contributed by atoms with Crippen molar-refractivity contribution in [3.63, 3.8) is 0 Å². The molecule has 0 aliphatic heterocycles. The van der Waals surface area contributed by atoms with E-state index in [0.717, 1.165) is 17.0 Å². The highest BCUT2D eigenvalue weighted by atomic mass is 79.9. The van der Waals surface area contributed by atoms with Gasteiger partial charge in [-0.1, -0.05) is 11.6 Å². The molecule has 5 nitrogen and oxygen atoms in total. The number of pyridine rings is 1. The van der Waals surface area contributed by atoms with Crippen LogP contribution in [0.15, 0.2) is 15.5 Å². The van der Waals surface area contributed by atoms with E-state index in [1.165, 1.54) is 4.57 Å². The number of aromatic nitrogens is 3. The Hall–Kier alpha value is -1.27.